The molecule has 0 saturated carbocycles. The molecule has 2 aromatic rings. The zero-order valence-electron chi connectivity index (χ0n) is 15.9. The molecule has 7 nitrogen and oxygen atoms in total. The number of hydrazone groups is 1. The molecule has 0 aliphatic carbocycles. The van der Waals surface area contributed by atoms with Crippen molar-refractivity contribution in [1.29, 1.82) is 0 Å². The highest BCUT2D eigenvalue weighted by molar-refractivity contribution is 6.31. The Morgan fingerprint density at radius 1 is 1.07 bits per heavy atom. The average molecular weight is 404 g/mol. The summed E-state index contributed by atoms with van der Waals surface area (Å²) in [4.78, 5) is 23.9. The van der Waals surface area contributed by atoms with E-state index in [0.29, 0.717) is 22.2 Å². The molecule has 8 heteroatoms. The lowest BCUT2D eigenvalue weighted by molar-refractivity contribution is -0.124. The summed E-state index contributed by atoms with van der Waals surface area (Å²) < 4.78 is 10.4. The summed E-state index contributed by atoms with van der Waals surface area (Å²) in [5.74, 6) is 0.523. The Bertz CT molecular complexity index is 884. The van der Waals surface area contributed by atoms with Crippen LogP contribution in [0.15, 0.2) is 41.5 Å². The quantitative estimate of drug-likeness (QED) is 0.521. The molecule has 0 spiro atoms. The summed E-state index contributed by atoms with van der Waals surface area (Å²) in [6, 6.07) is 10.5. The van der Waals surface area contributed by atoms with Crippen LogP contribution in [0.2, 0.25) is 5.02 Å². The number of rotatable bonds is 8. The van der Waals surface area contributed by atoms with Gasteiger partial charge < -0.3 is 14.8 Å². The highest BCUT2D eigenvalue weighted by Gasteiger charge is 2.09. The van der Waals surface area contributed by atoms with Gasteiger partial charge in [-0.05, 0) is 48.4 Å². The number of amides is 2. The third kappa shape index (κ3) is 5.99. The molecule has 0 fully saturated rings. The molecule has 0 aromatic heterocycles. The van der Waals surface area contributed by atoms with E-state index < -0.39 is 0 Å². The van der Waals surface area contributed by atoms with Gasteiger partial charge in [0.2, 0.25) is 11.8 Å². The van der Waals surface area contributed by atoms with Crippen molar-refractivity contribution in [1.82, 2.24) is 5.43 Å². The van der Waals surface area contributed by atoms with E-state index in [1.807, 2.05) is 6.92 Å². The molecule has 28 heavy (non-hydrogen) atoms. The second kappa shape index (κ2) is 10.3. The number of ether oxygens (including phenoxy) is 2. The Morgan fingerprint density at radius 3 is 2.50 bits per heavy atom. The highest BCUT2D eigenvalue weighted by atomic mass is 35.5. The van der Waals surface area contributed by atoms with Gasteiger partial charge in [-0.1, -0.05) is 17.7 Å². The number of nitrogens with zero attached hydrogens (tertiary/aromatic N) is 1. The molecule has 2 amide bonds. The first kappa shape index (κ1) is 21.2. The maximum Gasteiger partial charge on any atom is 0.240 e. The number of hydrogen-bond donors (Lipinski definition) is 2. The summed E-state index contributed by atoms with van der Waals surface area (Å²) >= 11 is 6.02. The summed E-state index contributed by atoms with van der Waals surface area (Å²) in [6.45, 7) is 1.81. The SMILES string of the molecule is COc1ccc(/C=N/NC(=O)CCC(=O)Nc2cccc(Cl)c2C)cc1OC. The van der Waals surface area contributed by atoms with Crippen molar-refractivity contribution >= 4 is 35.3 Å². The minimum atomic E-state index is -0.366. The molecule has 2 rings (SSSR count). The van der Waals surface area contributed by atoms with Gasteiger partial charge in [-0.2, -0.15) is 5.10 Å². The Balaban J connectivity index is 1.81. The van der Waals surface area contributed by atoms with E-state index in [1.165, 1.54) is 13.3 Å². The predicted octanol–water partition coefficient (Wildman–Crippen LogP) is 3.53. The maximum atomic E-state index is 12.0. The van der Waals surface area contributed by atoms with Crippen molar-refractivity contribution < 1.29 is 19.1 Å². The van der Waals surface area contributed by atoms with Gasteiger partial charge in [-0.25, -0.2) is 5.43 Å². The van der Waals surface area contributed by atoms with E-state index in [1.54, 1.807) is 43.5 Å². The normalized spacial score (nSPS) is 10.6. The fraction of sp³-hybridized carbons (Fsp3) is 0.250. The number of methoxy groups -OCH3 is 2. The molecule has 0 heterocycles. The van der Waals surface area contributed by atoms with E-state index >= 15 is 0 Å². The first-order valence-corrected chi connectivity index (χ1v) is 8.91. The molecule has 0 atom stereocenters. The summed E-state index contributed by atoms with van der Waals surface area (Å²) in [7, 11) is 3.09. The van der Waals surface area contributed by atoms with Gasteiger partial charge in [0.15, 0.2) is 11.5 Å². The van der Waals surface area contributed by atoms with E-state index in [0.717, 1.165) is 11.1 Å². The second-order valence-electron chi connectivity index (χ2n) is 5.87. The van der Waals surface area contributed by atoms with Crippen LogP contribution in [0.25, 0.3) is 0 Å². The van der Waals surface area contributed by atoms with Crippen molar-refractivity contribution in [3.8, 4) is 11.5 Å². The fourth-order valence-electron chi connectivity index (χ4n) is 2.35. The molecule has 0 saturated heterocycles. The number of benzene rings is 2. The average Bonchev–Trinajstić information content (AvgIpc) is 2.69. The first-order chi connectivity index (χ1) is 13.4. The Hall–Kier alpha value is -3.06. The molecule has 0 aliphatic heterocycles. The number of carbonyl (C=O) groups is 2. The number of anilines is 1. The Kier molecular flexibility index (Phi) is 7.83. The molecule has 0 aliphatic rings. The largest absolute Gasteiger partial charge is 0.493 e. The van der Waals surface area contributed by atoms with Crippen molar-refractivity contribution in [2.45, 2.75) is 19.8 Å². The van der Waals surface area contributed by atoms with Crippen LogP contribution in [0.3, 0.4) is 0 Å². The van der Waals surface area contributed by atoms with Crippen LogP contribution in [0.1, 0.15) is 24.0 Å². The minimum Gasteiger partial charge on any atom is -0.493 e. The van der Waals surface area contributed by atoms with Crippen LogP contribution < -0.4 is 20.2 Å². The van der Waals surface area contributed by atoms with Crippen molar-refractivity contribution in [2.24, 2.45) is 5.10 Å². The lowest BCUT2D eigenvalue weighted by Crippen LogP contribution is -2.20. The van der Waals surface area contributed by atoms with Crippen LogP contribution in [-0.2, 0) is 9.59 Å². The number of nitrogens with one attached hydrogen (secondary N) is 2. The minimum absolute atomic E-state index is 0.00865. The zero-order valence-corrected chi connectivity index (χ0v) is 16.7. The predicted molar refractivity (Wildman–Crippen MR) is 109 cm³/mol. The third-order valence-corrected chi connectivity index (χ3v) is 4.34. The van der Waals surface area contributed by atoms with Crippen LogP contribution in [0.4, 0.5) is 5.69 Å². The molecular weight excluding hydrogens is 382 g/mol. The lowest BCUT2D eigenvalue weighted by atomic mass is 10.2. The summed E-state index contributed by atoms with van der Waals surface area (Å²) in [5.41, 5.74) is 4.53. The fourth-order valence-corrected chi connectivity index (χ4v) is 2.53. The highest BCUT2D eigenvalue weighted by Crippen LogP contribution is 2.26. The van der Waals surface area contributed by atoms with Gasteiger partial charge in [-0.15, -0.1) is 0 Å². The van der Waals surface area contributed by atoms with Crippen LogP contribution in [0, 0.1) is 6.92 Å². The van der Waals surface area contributed by atoms with Crippen molar-refractivity contribution in [3.63, 3.8) is 0 Å². The van der Waals surface area contributed by atoms with Gasteiger partial charge in [0.25, 0.3) is 0 Å². The monoisotopic (exact) mass is 403 g/mol. The smallest absolute Gasteiger partial charge is 0.240 e. The lowest BCUT2D eigenvalue weighted by Gasteiger charge is -2.09. The van der Waals surface area contributed by atoms with E-state index in [9.17, 15) is 9.59 Å². The summed E-state index contributed by atoms with van der Waals surface area (Å²) in [6.07, 6.45) is 1.52. The Morgan fingerprint density at radius 2 is 1.79 bits per heavy atom. The Labute approximate surface area is 168 Å². The van der Waals surface area contributed by atoms with E-state index in [2.05, 4.69) is 15.8 Å². The maximum absolute atomic E-state index is 12.0. The van der Waals surface area contributed by atoms with Gasteiger partial charge in [0.1, 0.15) is 0 Å². The van der Waals surface area contributed by atoms with Gasteiger partial charge >= 0.3 is 0 Å². The molecular formula is C20H22ClN3O4. The first-order valence-electron chi connectivity index (χ1n) is 8.53. The molecule has 0 bridgehead atoms. The van der Waals surface area contributed by atoms with E-state index in [-0.39, 0.29) is 24.7 Å². The molecule has 2 N–H and O–H groups in total. The van der Waals surface area contributed by atoms with Crippen LogP contribution in [-0.4, -0.2) is 32.2 Å². The number of halogens is 1. The van der Waals surface area contributed by atoms with Gasteiger partial charge in [-0.3, -0.25) is 9.59 Å². The van der Waals surface area contributed by atoms with Crippen molar-refractivity contribution in [2.75, 3.05) is 19.5 Å². The molecule has 0 radical (unpaired) electrons. The standard InChI is InChI=1S/C20H22ClN3O4/c1-13-15(21)5-4-6-16(13)23-19(25)9-10-20(26)24-22-12-14-7-8-17(27-2)18(11-14)28-3/h4-8,11-12H,9-10H2,1-3H3,(H,23,25)(H,24,26)/b22-12+. The molecule has 148 valence electrons. The van der Waals surface area contributed by atoms with Gasteiger partial charge in [0, 0.05) is 23.6 Å². The van der Waals surface area contributed by atoms with Gasteiger partial charge in [0.05, 0.1) is 20.4 Å². The number of carbonyl (C=O) groups excluding carboxylic acids is 2. The summed E-state index contributed by atoms with van der Waals surface area (Å²) in [5, 5.41) is 7.20. The van der Waals surface area contributed by atoms with Crippen molar-refractivity contribution in [3.05, 3.63) is 52.5 Å². The van der Waals surface area contributed by atoms with Crippen LogP contribution >= 0.6 is 11.6 Å². The number of hydrogen-bond acceptors (Lipinski definition) is 5. The third-order valence-electron chi connectivity index (χ3n) is 3.93. The molecule has 0 unspecified atom stereocenters. The zero-order chi connectivity index (χ0) is 20.5. The molecule has 2 aromatic carbocycles. The van der Waals surface area contributed by atoms with E-state index in [4.69, 9.17) is 21.1 Å². The second-order valence-corrected chi connectivity index (χ2v) is 6.28. The topological polar surface area (TPSA) is 89.0 Å². The van der Waals surface area contributed by atoms with Crippen LogP contribution in [0.5, 0.6) is 11.5 Å².